The molecule has 0 unspecified atom stereocenters. The summed E-state index contributed by atoms with van der Waals surface area (Å²) in [7, 11) is 3.52. The third-order valence-electron chi connectivity index (χ3n) is 8.02. The van der Waals surface area contributed by atoms with Crippen LogP contribution in [0.25, 0.3) is 11.1 Å². The Kier molecular flexibility index (Phi) is 7.54. The Labute approximate surface area is 257 Å². The number of benzene rings is 2. The summed E-state index contributed by atoms with van der Waals surface area (Å²) in [5.74, 6) is -0.579. The van der Waals surface area contributed by atoms with Crippen LogP contribution in [-0.2, 0) is 40.0 Å². The number of fused-ring (bicyclic) bond motifs is 2. The van der Waals surface area contributed by atoms with E-state index >= 15 is 0 Å². The van der Waals surface area contributed by atoms with E-state index in [9.17, 15) is 24.8 Å². The summed E-state index contributed by atoms with van der Waals surface area (Å²) in [4.78, 5) is 48.1. The average molecular weight is 614 g/mol. The Bertz CT molecular complexity index is 1890. The fourth-order valence-corrected chi connectivity index (χ4v) is 6.02. The van der Waals surface area contributed by atoms with Gasteiger partial charge >= 0.3 is 6.09 Å². The summed E-state index contributed by atoms with van der Waals surface area (Å²) in [5.41, 5.74) is 4.88. The van der Waals surface area contributed by atoms with E-state index in [0.717, 1.165) is 30.0 Å². The topological polar surface area (TPSA) is 170 Å². The molecule has 2 aromatic heterocycles. The first-order chi connectivity index (χ1) is 21.2. The number of nitrogens with zero attached hydrogens (tertiary/aromatic N) is 6. The van der Waals surface area contributed by atoms with Gasteiger partial charge in [0.2, 0.25) is 0 Å². The summed E-state index contributed by atoms with van der Waals surface area (Å²) in [6.45, 7) is 1.82. The highest BCUT2D eigenvalue weighted by molar-refractivity contribution is 6.36. The Balaban J connectivity index is 1.27. The number of nitriles is 1. The van der Waals surface area contributed by atoms with Gasteiger partial charge in [0.15, 0.2) is 11.6 Å². The van der Waals surface area contributed by atoms with Crippen LogP contribution in [0.15, 0.2) is 36.4 Å². The van der Waals surface area contributed by atoms with Crippen molar-refractivity contribution in [2.75, 3.05) is 23.7 Å². The number of aromatic nitrogens is 4. The smallest absolute Gasteiger partial charge is 0.407 e. The van der Waals surface area contributed by atoms with Gasteiger partial charge in [0.05, 0.1) is 39.9 Å². The van der Waals surface area contributed by atoms with Crippen LogP contribution in [0.3, 0.4) is 0 Å². The van der Waals surface area contributed by atoms with Crippen molar-refractivity contribution < 1.29 is 19.5 Å². The number of anilines is 2. The van der Waals surface area contributed by atoms with Crippen molar-refractivity contribution in [1.82, 2.24) is 29.3 Å². The van der Waals surface area contributed by atoms with Crippen molar-refractivity contribution in [3.63, 3.8) is 0 Å². The van der Waals surface area contributed by atoms with Gasteiger partial charge in [0, 0.05) is 69.1 Å². The monoisotopic (exact) mass is 613 g/mol. The van der Waals surface area contributed by atoms with Crippen LogP contribution in [0.1, 0.15) is 49.6 Å². The van der Waals surface area contributed by atoms with E-state index in [1.54, 1.807) is 52.6 Å². The molecule has 0 bridgehead atoms. The predicted molar refractivity (Wildman–Crippen MR) is 161 cm³/mol. The van der Waals surface area contributed by atoms with Crippen molar-refractivity contribution in [3.8, 4) is 17.2 Å². The highest BCUT2D eigenvalue weighted by atomic mass is 35.5. The third-order valence-corrected chi connectivity index (χ3v) is 8.43. The highest BCUT2D eigenvalue weighted by Gasteiger charge is 2.28. The molecule has 0 aliphatic carbocycles. The summed E-state index contributed by atoms with van der Waals surface area (Å²) in [6, 6.07) is 12.3. The van der Waals surface area contributed by atoms with E-state index in [2.05, 4.69) is 32.0 Å². The lowest BCUT2D eigenvalue weighted by molar-refractivity contribution is 0.100. The largest absolute Gasteiger partial charge is 0.465 e. The number of hydrogen-bond donors (Lipinski definition) is 4. The minimum absolute atomic E-state index is 0.0930. The molecule has 0 atom stereocenters. The molecule has 0 saturated heterocycles. The van der Waals surface area contributed by atoms with Gasteiger partial charge in [-0.05, 0) is 12.1 Å². The Morgan fingerprint density at radius 3 is 2.20 bits per heavy atom. The lowest BCUT2D eigenvalue weighted by atomic mass is 9.98. The quantitative estimate of drug-likeness (QED) is 0.265. The summed E-state index contributed by atoms with van der Waals surface area (Å²) in [5, 5.41) is 28.6. The van der Waals surface area contributed by atoms with Gasteiger partial charge in [0.1, 0.15) is 6.07 Å². The minimum atomic E-state index is -1.04. The van der Waals surface area contributed by atoms with Crippen LogP contribution < -0.4 is 16.0 Å². The summed E-state index contributed by atoms with van der Waals surface area (Å²) in [6.07, 6.45) is 0.165. The maximum atomic E-state index is 13.3. The molecule has 6 rings (SSSR count). The molecule has 0 fully saturated rings. The molecule has 14 heteroatoms. The van der Waals surface area contributed by atoms with E-state index in [1.165, 1.54) is 4.90 Å². The standard InChI is InChI=1S/C30H28ClN9O4/c1-38-23-9-11-33-14-21(23)34-26(38)29(42)37-20-8-4-6-17(25(20)31)16-5-3-7-19(18(16)13-32)36-28(41)27-35-22-15-40(30(43)44)12-10-24(22)39(27)2/h3-8,33H,9-12,14-15H2,1-2H3,(H,36,41)(H,37,42)(H,43,44). The lowest BCUT2D eigenvalue weighted by Crippen LogP contribution is -2.35. The van der Waals surface area contributed by atoms with Gasteiger partial charge < -0.3 is 35.1 Å². The molecule has 2 aliphatic heterocycles. The molecule has 13 nitrogen and oxygen atoms in total. The molecule has 2 aromatic carbocycles. The molecule has 3 amide bonds. The molecule has 224 valence electrons. The van der Waals surface area contributed by atoms with Crippen LogP contribution in [-0.4, -0.2) is 60.1 Å². The second-order valence-electron chi connectivity index (χ2n) is 10.6. The number of imidazole rings is 2. The first-order valence-electron chi connectivity index (χ1n) is 13.9. The van der Waals surface area contributed by atoms with Crippen molar-refractivity contribution in [2.24, 2.45) is 14.1 Å². The van der Waals surface area contributed by atoms with Gasteiger partial charge in [-0.2, -0.15) is 5.26 Å². The van der Waals surface area contributed by atoms with Crippen molar-refractivity contribution >= 4 is 40.9 Å². The van der Waals surface area contributed by atoms with Crippen LogP contribution in [0.2, 0.25) is 5.02 Å². The number of amides is 3. The summed E-state index contributed by atoms with van der Waals surface area (Å²) >= 11 is 6.80. The minimum Gasteiger partial charge on any atom is -0.465 e. The predicted octanol–water partition coefficient (Wildman–Crippen LogP) is 3.53. The van der Waals surface area contributed by atoms with E-state index in [-0.39, 0.29) is 34.5 Å². The Morgan fingerprint density at radius 1 is 0.932 bits per heavy atom. The third kappa shape index (κ3) is 5.04. The second kappa shape index (κ2) is 11.5. The first-order valence-corrected chi connectivity index (χ1v) is 14.3. The number of nitrogens with one attached hydrogen (secondary N) is 3. The highest BCUT2D eigenvalue weighted by Crippen LogP contribution is 2.38. The van der Waals surface area contributed by atoms with Crippen LogP contribution >= 0.6 is 11.6 Å². The molecule has 44 heavy (non-hydrogen) atoms. The van der Waals surface area contributed by atoms with E-state index in [1.807, 2.05) is 7.05 Å². The van der Waals surface area contributed by atoms with Gasteiger partial charge in [-0.1, -0.05) is 35.9 Å². The zero-order valence-electron chi connectivity index (χ0n) is 23.9. The van der Waals surface area contributed by atoms with Crippen LogP contribution in [0.5, 0.6) is 0 Å². The molecule has 0 saturated carbocycles. The van der Waals surface area contributed by atoms with Gasteiger partial charge in [-0.25, -0.2) is 14.8 Å². The van der Waals surface area contributed by atoms with E-state index in [4.69, 9.17) is 11.6 Å². The number of carboxylic acid groups (broad SMARTS) is 1. The van der Waals surface area contributed by atoms with Gasteiger partial charge in [0.25, 0.3) is 11.8 Å². The second-order valence-corrected chi connectivity index (χ2v) is 10.9. The molecule has 0 radical (unpaired) electrons. The number of carbonyl (C=O) groups is 3. The molecule has 0 spiro atoms. The number of rotatable bonds is 5. The van der Waals surface area contributed by atoms with E-state index < -0.39 is 17.9 Å². The van der Waals surface area contributed by atoms with Crippen molar-refractivity contribution in [2.45, 2.75) is 25.9 Å². The van der Waals surface area contributed by atoms with Crippen LogP contribution in [0, 0.1) is 11.3 Å². The fraction of sp³-hybridized carbons (Fsp3) is 0.267. The summed E-state index contributed by atoms with van der Waals surface area (Å²) < 4.78 is 3.45. The maximum Gasteiger partial charge on any atom is 0.407 e. The number of halogens is 1. The fourth-order valence-electron chi connectivity index (χ4n) is 5.75. The van der Waals surface area contributed by atoms with Crippen molar-refractivity contribution in [3.05, 3.63) is 81.4 Å². The van der Waals surface area contributed by atoms with Crippen molar-refractivity contribution in [1.29, 1.82) is 5.26 Å². The zero-order valence-corrected chi connectivity index (χ0v) is 24.7. The Morgan fingerprint density at radius 2 is 1.55 bits per heavy atom. The molecule has 4 N–H and O–H groups in total. The number of carbonyl (C=O) groups excluding carboxylic acids is 2. The molecule has 2 aliphatic rings. The van der Waals surface area contributed by atoms with Gasteiger partial charge in [-0.3, -0.25) is 9.59 Å². The van der Waals surface area contributed by atoms with Crippen LogP contribution in [0.4, 0.5) is 16.2 Å². The normalized spacial score (nSPS) is 13.9. The SMILES string of the molecule is Cn1c(C(=O)Nc2cccc(-c3cccc(NC(=O)c4nc5c(n4C)CCN(C(=O)O)C5)c3C#N)c2Cl)nc2c1CCNC2. The lowest BCUT2D eigenvalue weighted by Gasteiger charge is -2.23. The molecule has 4 heterocycles. The molecular weight excluding hydrogens is 586 g/mol. The first kappa shape index (κ1) is 28.9. The number of hydrogen-bond acceptors (Lipinski definition) is 7. The zero-order chi connectivity index (χ0) is 31.1. The Hall–Kier alpha value is -5.19. The van der Waals surface area contributed by atoms with Gasteiger partial charge in [-0.15, -0.1) is 0 Å². The molecule has 4 aromatic rings. The molecular formula is C30H28ClN9O4. The average Bonchev–Trinajstić information content (AvgIpc) is 3.54. The van der Waals surface area contributed by atoms with E-state index in [0.29, 0.717) is 42.0 Å². The maximum absolute atomic E-state index is 13.3.